The van der Waals surface area contributed by atoms with Crippen LogP contribution in [0.5, 0.6) is 0 Å². The molecule has 1 heterocycles. The summed E-state index contributed by atoms with van der Waals surface area (Å²) in [5, 5.41) is 2.71. The van der Waals surface area contributed by atoms with Gasteiger partial charge >= 0.3 is 0 Å². The maximum Gasteiger partial charge on any atom is 0.243 e. The van der Waals surface area contributed by atoms with Gasteiger partial charge in [-0.1, -0.05) is 32.0 Å². The molecule has 1 aliphatic rings. The van der Waals surface area contributed by atoms with Crippen molar-refractivity contribution < 1.29 is 17.6 Å². The Morgan fingerprint density at radius 2 is 1.75 bits per heavy atom. The van der Waals surface area contributed by atoms with Crippen molar-refractivity contribution in [3.8, 4) is 0 Å². The molecule has 0 aliphatic carbocycles. The number of nitrogens with zero attached hydrogens (tertiary/aromatic N) is 1. The number of anilines is 1. The molecule has 7 heteroatoms. The molecule has 0 unspecified atom stereocenters. The highest BCUT2D eigenvalue weighted by atomic mass is 32.2. The number of carbonyl (C=O) groups excluding carboxylic acids is 1. The van der Waals surface area contributed by atoms with Crippen LogP contribution in [0.1, 0.15) is 38.2 Å². The maximum absolute atomic E-state index is 13.2. The highest BCUT2D eigenvalue weighted by molar-refractivity contribution is 7.89. The van der Waals surface area contributed by atoms with Gasteiger partial charge in [-0.2, -0.15) is 4.31 Å². The average Bonchev–Trinajstić information content (AvgIpc) is 2.68. The normalized spacial score (nSPS) is 16.3. The van der Waals surface area contributed by atoms with E-state index >= 15 is 0 Å². The van der Waals surface area contributed by atoms with E-state index in [-0.39, 0.29) is 29.8 Å². The van der Waals surface area contributed by atoms with Gasteiger partial charge in [-0.25, -0.2) is 12.8 Å². The molecule has 0 spiro atoms. The van der Waals surface area contributed by atoms with Crippen LogP contribution in [0.4, 0.5) is 10.1 Å². The molecule has 1 aliphatic heterocycles. The average molecular weight is 405 g/mol. The van der Waals surface area contributed by atoms with Crippen molar-refractivity contribution in [3.63, 3.8) is 0 Å². The van der Waals surface area contributed by atoms with Crippen molar-refractivity contribution in [2.45, 2.75) is 37.5 Å². The summed E-state index contributed by atoms with van der Waals surface area (Å²) in [6, 6.07) is 12.7. The van der Waals surface area contributed by atoms with E-state index in [2.05, 4.69) is 19.2 Å². The number of halogens is 1. The van der Waals surface area contributed by atoms with Crippen LogP contribution in [-0.2, 0) is 14.8 Å². The van der Waals surface area contributed by atoms with Crippen LogP contribution in [0, 0.1) is 11.7 Å². The summed E-state index contributed by atoms with van der Waals surface area (Å²) < 4.78 is 40.4. The first-order chi connectivity index (χ1) is 13.3. The number of carbonyl (C=O) groups is 1. The summed E-state index contributed by atoms with van der Waals surface area (Å²) in [6.45, 7) is 4.69. The number of sulfonamides is 1. The number of rotatable bonds is 5. The quantitative estimate of drug-likeness (QED) is 0.819. The minimum atomic E-state index is -3.57. The first kappa shape index (κ1) is 20.5. The highest BCUT2D eigenvalue weighted by Gasteiger charge is 2.32. The smallest absolute Gasteiger partial charge is 0.243 e. The van der Waals surface area contributed by atoms with Crippen molar-refractivity contribution in [1.29, 1.82) is 0 Å². The summed E-state index contributed by atoms with van der Waals surface area (Å²) in [7, 11) is -3.57. The Hall–Kier alpha value is -2.25. The van der Waals surface area contributed by atoms with Crippen LogP contribution in [0.3, 0.4) is 0 Å². The Balaban J connectivity index is 1.61. The fourth-order valence-corrected chi connectivity index (χ4v) is 4.81. The molecule has 0 radical (unpaired) electrons. The van der Waals surface area contributed by atoms with Crippen LogP contribution in [0.2, 0.25) is 0 Å². The SMILES string of the molecule is CC(C)c1ccc(S(=O)(=O)N2CCC(C(=O)Nc3cccc(F)c3)CC2)cc1. The maximum atomic E-state index is 13.2. The van der Waals surface area contributed by atoms with E-state index in [1.807, 2.05) is 12.1 Å². The summed E-state index contributed by atoms with van der Waals surface area (Å²) in [5.41, 5.74) is 1.50. The first-order valence-corrected chi connectivity index (χ1v) is 10.9. The van der Waals surface area contributed by atoms with Gasteiger partial charge in [0.15, 0.2) is 0 Å². The second kappa shape index (κ2) is 8.41. The number of hydrogen-bond acceptors (Lipinski definition) is 3. The van der Waals surface area contributed by atoms with E-state index in [0.29, 0.717) is 24.4 Å². The Morgan fingerprint density at radius 3 is 2.32 bits per heavy atom. The monoisotopic (exact) mass is 404 g/mol. The third-order valence-corrected chi connectivity index (χ3v) is 7.01. The topological polar surface area (TPSA) is 66.5 Å². The molecule has 3 rings (SSSR count). The van der Waals surface area contributed by atoms with E-state index in [4.69, 9.17) is 0 Å². The largest absolute Gasteiger partial charge is 0.326 e. The predicted octanol–water partition coefficient (Wildman–Crippen LogP) is 3.99. The van der Waals surface area contributed by atoms with Gasteiger partial charge in [-0.3, -0.25) is 4.79 Å². The molecule has 2 aromatic carbocycles. The van der Waals surface area contributed by atoms with E-state index < -0.39 is 15.8 Å². The first-order valence-electron chi connectivity index (χ1n) is 9.44. The summed E-state index contributed by atoms with van der Waals surface area (Å²) in [5.74, 6) is -0.576. The Morgan fingerprint density at radius 1 is 1.11 bits per heavy atom. The van der Waals surface area contributed by atoms with Gasteiger partial charge in [0.05, 0.1) is 4.90 Å². The number of benzene rings is 2. The second-order valence-corrected chi connectivity index (χ2v) is 9.34. The van der Waals surface area contributed by atoms with Gasteiger partial charge in [-0.05, 0) is 54.7 Å². The highest BCUT2D eigenvalue weighted by Crippen LogP contribution is 2.26. The van der Waals surface area contributed by atoms with Crippen LogP contribution in [0.25, 0.3) is 0 Å². The van der Waals surface area contributed by atoms with E-state index in [1.54, 1.807) is 18.2 Å². The molecule has 0 saturated carbocycles. The van der Waals surface area contributed by atoms with Crippen LogP contribution >= 0.6 is 0 Å². The fraction of sp³-hybridized carbons (Fsp3) is 0.381. The Bertz CT molecular complexity index is 934. The zero-order valence-electron chi connectivity index (χ0n) is 16.1. The van der Waals surface area contributed by atoms with Crippen molar-refractivity contribution in [2.24, 2.45) is 5.92 Å². The van der Waals surface area contributed by atoms with Gasteiger partial charge in [0.2, 0.25) is 15.9 Å². The standard InChI is InChI=1S/C21H25FN2O3S/c1-15(2)16-6-8-20(9-7-16)28(26,27)24-12-10-17(11-13-24)21(25)23-19-5-3-4-18(22)14-19/h3-9,14-15,17H,10-13H2,1-2H3,(H,23,25). The van der Waals surface area contributed by atoms with Crippen LogP contribution in [0.15, 0.2) is 53.4 Å². The zero-order chi connectivity index (χ0) is 20.3. The van der Waals surface area contributed by atoms with Gasteiger partial charge in [0.25, 0.3) is 0 Å². The molecular weight excluding hydrogens is 379 g/mol. The number of amides is 1. The molecule has 5 nitrogen and oxygen atoms in total. The minimum Gasteiger partial charge on any atom is -0.326 e. The Labute approximate surface area is 165 Å². The zero-order valence-corrected chi connectivity index (χ0v) is 16.9. The van der Waals surface area contributed by atoms with Crippen molar-refractivity contribution in [1.82, 2.24) is 4.31 Å². The van der Waals surface area contributed by atoms with Gasteiger partial charge < -0.3 is 5.32 Å². The molecule has 1 N–H and O–H groups in total. The third-order valence-electron chi connectivity index (χ3n) is 5.10. The number of hydrogen-bond donors (Lipinski definition) is 1. The van der Waals surface area contributed by atoms with Gasteiger partial charge in [-0.15, -0.1) is 0 Å². The summed E-state index contributed by atoms with van der Waals surface area (Å²) in [6.07, 6.45) is 0.870. The van der Waals surface area contributed by atoms with Crippen molar-refractivity contribution in [3.05, 3.63) is 59.9 Å². The summed E-state index contributed by atoms with van der Waals surface area (Å²) in [4.78, 5) is 12.7. The van der Waals surface area contributed by atoms with E-state index in [0.717, 1.165) is 5.56 Å². The van der Waals surface area contributed by atoms with Crippen molar-refractivity contribution >= 4 is 21.6 Å². The second-order valence-electron chi connectivity index (χ2n) is 7.40. The Kier molecular flexibility index (Phi) is 6.15. The minimum absolute atomic E-state index is 0.205. The third kappa shape index (κ3) is 4.59. The van der Waals surface area contributed by atoms with Gasteiger partial charge in [0.1, 0.15) is 5.82 Å². The lowest BCUT2D eigenvalue weighted by Gasteiger charge is -2.30. The molecule has 0 aromatic heterocycles. The summed E-state index contributed by atoms with van der Waals surface area (Å²) >= 11 is 0. The van der Waals surface area contributed by atoms with E-state index in [1.165, 1.54) is 22.5 Å². The molecule has 1 fully saturated rings. The lowest BCUT2D eigenvalue weighted by Crippen LogP contribution is -2.41. The fourth-order valence-electron chi connectivity index (χ4n) is 3.34. The molecule has 0 atom stereocenters. The lowest BCUT2D eigenvalue weighted by molar-refractivity contribution is -0.120. The van der Waals surface area contributed by atoms with Gasteiger partial charge in [0, 0.05) is 24.7 Å². The van der Waals surface area contributed by atoms with Crippen LogP contribution in [-0.4, -0.2) is 31.7 Å². The molecule has 2 aromatic rings. The molecular formula is C21H25FN2O3S. The molecule has 28 heavy (non-hydrogen) atoms. The predicted molar refractivity (Wildman–Crippen MR) is 107 cm³/mol. The lowest BCUT2D eigenvalue weighted by atomic mass is 9.97. The van der Waals surface area contributed by atoms with Crippen LogP contribution < -0.4 is 5.32 Å². The molecule has 1 saturated heterocycles. The number of piperidine rings is 1. The molecule has 1 amide bonds. The number of nitrogens with one attached hydrogen (secondary N) is 1. The van der Waals surface area contributed by atoms with Crippen molar-refractivity contribution in [2.75, 3.05) is 18.4 Å². The molecule has 150 valence electrons. The molecule has 0 bridgehead atoms. The van der Waals surface area contributed by atoms with E-state index in [9.17, 15) is 17.6 Å².